The van der Waals surface area contributed by atoms with Crippen LogP contribution in [0.3, 0.4) is 0 Å². The summed E-state index contributed by atoms with van der Waals surface area (Å²) in [6.45, 7) is 3.18. The normalized spacial score (nSPS) is 10.8. The fourth-order valence-corrected chi connectivity index (χ4v) is 1.54. The van der Waals surface area contributed by atoms with Crippen LogP contribution in [-0.2, 0) is 4.79 Å². The molecule has 0 saturated carbocycles. The van der Waals surface area contributed by atoms with Crippen molar-refractivity contribution in [3.8, 4) is 5.75 Å². The highest BCUT2D eigenvalue weighted by molar-refractivity contribution is 5.91. The fourth-order valence-electron chi connectivity index (χ4n) is 1.54. The number of rotatable bonds is 6. The topological polar surface area (TPSA) is 60.8 Å². The number of aromatic hydroxyl groups is 1. The Morgan fingerprint density at radius 3 is 2.56 bits per heavy atom. The summed E-state index contributed by atoms with van der Waals surface area (Å²) in [5, 5.41) is 17.9. The van der Waals surface area contributed by atoms with Crippen LogP contribution in [0.2, 0.25) is 0 Å². The Balaban J connectivity index is 2.59. The number of phenols is 1. The van der Waals surface area contributed by atoms with Crippen LogP contribution < -0.4 is 0 Å². The van der Waals surface area contributed by atoms with Gasteiger partial charge < -0.3 is 15.1 Å². The first-order chi connectivity index (χ1) is 8.67. The van der Waals surface area contributed by atoms with Crippen LogP contribution in [-0.4, -0.2) is 40.7 Å². The Kier molecular flexibility index (Phi) is 5.94. The van der Waals surface area contributed by atoms with Crippen LogP contribution in [0.1, 0.15) is 18.9 Å². The van der Waals surface area contributed by atoms with Crippen molar-refractivity contribution in [2.75, 3.05) is 19.7 Å². The van der Waals surface area contributed by atoms with E-state index in [0.717, 1.165) is 5.56 Å². The van der Waals surface area contributed by atoms with Gasteiger partial charge in [0.25, 0.3) is 0 Å². The summed E-state index contributed by atoms with van der Waals surface area (Å²) < 4.78 is 0. The molecule has 0 aliphatic heterocycles. The van der Waals surface area contributed by atoms with Crippen LogP contribution >= 0.6 is 0 Å². The van der Waals surface area contributed by atoms with Crippen molar-refractivity contribution in [2.45, 2.75) is 13.3 Å². The smallest absolute Gasteiger partial charge is 0.246 e. The fraction of sp³-hybridized carbons (Fsp3) is 0.357. The van der Waals surface area contributed by atoms with Crippen LogP contribution in [0.5, 0.6) is 5.75 Å². The van der Waals surface area contributed by atoms with Gasteiger partial charge in [-0.2, -0.15) is 0 Å². The molecule has 98 valence electrons. The number of hydrogen-bond acceptors (Lipinski definition) is 3. The van der Waals surface area contributed by atoms with E-state index < -0.39 is 0 Å². The van der Waals surface area contributed by atoms with Gasteiger partial charge in [-0.15, -0.1) is 0 Å². The Labute approximate surface area is 107 Å². The maximum Gasteiger partial charge on any atom is 0.246 e. The summed E-state index contributed by atoms with van der Waals surface area (Å²) in [4.78, 5) is 13.5. The van der Waals surface area contributed by atoms with Crippen molar-refractivity contribution in [2.24, 2.45) is 0 Å². The molecule has 4 nitrogen and oxygen atoms in total. The zero-order valence-electron chi connectivity index (χ0n) is 10.5. The van der Waals surface area contributed by atoms with E-state index in [1.807, 2.05) is 6.92 Å². The molecule has 0 aromatic heterocycles. The molecule has 4 heteroatoms. The largest absolute Gasteiger partial charge is 0.508 e. The quantitative estimate of drug-likeness (QED) is 0.753. The van der Waals surface area contributed by atoms with E-state index in [-0.39, 0.29) is 18.3 Å². The molecule has 0 atom stereocenters. The summed E-state index contributed by atoms with van der Waals surface area (Å²) in [5.41, 5.74) is 0.861. The number of aliphatic hydroxyl groups is 1. The predicted molar refractivity (Wildman–Crippen MR) is 71.1 cm³/mol. The molecule has 0 unspecified atom stereocenters. The first kappa shape index (κ1) is 14.3. The maximum absolute atomic E-state index is 11.8. The lowest BCUT2D eigenvalue weighted by Gasteiger charge is -2.18. The minimum absolute atomic E-state index is 0.0703. The van der Waals surface area contributed by atoms with Gasteiger partial charge in [0.2, 0.25) is 5.91 Å². The number of carbonyl (C=O) groups is 1. The molecule has 0 radical (unpaired) electrons. The number of amides is 1. The predicted octanol–water partition coefficient (Wildman–Crippen LogP) is 1.64. The molecule has 1 aromatic carbocycles. The molecule has 18 heavy (non-hydrogen) atoms. The van der Waals surface area contributed by atoms with Gasteiger partial charge in [-0.25, -0.2) is 0 Å². The van der Waals surface area contributed by atoms with E-state index in [4.69, 9.17) is 10.2 Å². The number of benzene rings is 1. The first-order valence-electron chi connectivity index (χ1n) is 6.04. The highest BCUT2D eigenvalue weighted by Crippen LogP contribution is 2.10. The summed E-state index contributed by atoms with van der Waals surface area (Å²) in [6, 6.07) is 6.63. The molecule has 1 rings (SSSR count). The molecule has 0 fully saturated rings. The van der Waals surface area contributed by atoms with Gasteiger partial charge in [0.05, 0.1) is 0 Å². The molecule has 0 saturated heterocycles. The Hall–Kier alpha value is -1.81. The van der Waals surface area contributed by atoms with E-state index in [2.05, 4.69) is 0 Å². The third-order valence-corrected chi connectivity index (χ3v) is 2.59. The molecular weight excluding hydrogens is 230 g/mol. The van der Waals surface area contributed by atoms with Crippen LogP contribution in [0.4, 0.5) is 0 Å². The molecule has 0 aliphatic rings. The second-order valence-corrected chi connectivity index (χ2v) is 3.92. The van der Waals surface area contributed by atoms with Crippen LogP contribution in [0.25, 0.3) is 6.08 Å². The van der Waals surface area contributed by atoms with Crippen molar-refractivity contribution in [1.82, 2.24) is 4.90 Å². The van der Waals surface area contributed by atoms with E-state index in [0.29, 0.717) is 19.5 Å². The third-order valence-electron chi connectivity index (χ3n) is 2.59. The van der Waals surface area contributed by atoms with Crippen molar-refractivity contribution in [3.05, 3.63) is 35.9 Å². The zero-order chi connectivity index (χ0) is 13.4. The van der Waals surface area contributed by atoms with E-state index in [1.54, 1.807) is 35.2 Å². The number of likely N-dealkylation sites (N-methyl/N-ethyl adjacent to an activating group) is 1. The lowest BCUT2D eigenvalue weighted by atomic mass is 10.2. The Morgan fingerprint density at radius 2 is 2.00 bits per heavy atom. The Bertz CT molecular complexity index is 398. The molecule has 1 amide bonds. The van der Waals surface area contributed by atoms with Gasteiger partial charge in [0, 0.05) is 25.8 Å². The second kappa shape index (κ2) is 7.50. The number of nitrogens with zero attached hydrogens (tertiary/aromatic N) is 1. The van der Waals surface area contributed by atoms with Gasteiger partial charge >= 0.3 is 0 Å². The van der Waals surface area contributed by atoms with E-state index >= 15 is 0 Å². The maximum atomic E-state index is 11.8. The van der Waals surface area contributed by atoms with Crippen molar-refractivity contribution >= 4 is 12.0 Å². The summed E-state index contributed by atoms with van der Waals surface area (Å²) in [6.07, 6.45) is 3.81. The summed E-state index contributed by atoms with van der Waals surface area (Å²) in [5.74, 6) is 0.135. The Morgan fingerprint density at radius 1 is 1.33 bits per heavy atom. The molecule has 0 aliphatic carbocycles. The minimum atomic E-state index is -0.0703. The average molecular weight is 249 g/mol. The monoisotopic (exact) mass is 249 g/mol. The van der Waals surface area contributed by atoms with Gasteiger partial charge in [0.15, 0.2) is 0 Å². The van der Waals surface area contributed by atoms with Crippen molar-refractivity contribution < 1.29 is 15.0 Å². The molecule has 0 spiro atoms. The lowest BCUT2D eigenvalue weighted by molar-refractivity contribution is -0.125. The number of aliphatic hydroxyl groups excluding tert-OH is 1. The van der Waals surface area contributed by atoms with E-state index in [1.165, 1.54) is 6.08 Å². The highest BCUT2D eigenvalue weighted by Gasteiger charge is 2.06. The highest BCUT2D eigenvalue weighted by atomic mass is 16.3. The number of phenolic OH excluding ortho intramolecular Hbond substituents is 1. The first-order valence-corrected chi connectivity index (χ1v) is 6.04. The van der Waals surface area contributed by atoms with Crippen LogP contribution in [0.15, 0.2) is 30.3 Å². The minimum Gasteiger partial charge on any atom is -0.508 e. The lowest BCUT2D eigenvalue weighted by Crippen LogP contribution is -2.30. The summed E-state index contributed by atoms with van der Waals surface area (Å²) in [7, 11) is 0. The average Bonchev–Trinajstić information content (AvgIpc) is 2.39. The third kappa shape index (κ3) is 4.59. The number of hydrogen-bond donors (Lipinski definition) is 2. The van der Waals surface area contributed by atoms with Gasteiger partial charge in [-0.1, -0.05) is 12.1 Å². The second-order valence-electron chi connectivity index (χ2n) is 3.92. The number of carbonyl (C=O) groups excluding carboxylic acids is 1. The SMILES string of the molecule is CCN(CCCO)C(=O)/C=C/c1ccc(O)cc1. The molecule has 0 heterocycles. The zero-order valence-corrected chi connectivity index (χ0v) is 10.5. The van der Waals surface area contributed by atoms with Gasteiger partial charge in [0.1, 0.15) is 5.75 Å². The van der Waals surface area contributed by atoms with E-state index in [9.17, 15) is 4.79 Å². The molecular formula is C14H19NO3. The van der Waals surface area contributed by atoms with Gasteiger partial charge in [-0.05, 0) is 37.1 Å². The van der Waals surface area contributed by atoms with Crippen LogP contribution in [0, 0.1) is 0 Å². The molecule has 2 N–H and O–H groups in total. The molecule has 1 aromatic rings. The van der Waals surface area contributed by atoms with Crippen molar-refractivity contribution in [1.29, 1.82) is 0 Å². The van der Waals surface area contributed by atoms with Gasteiger partial charge in [-0.3, -0.25) is 4.79 Å². The molecule has 0 bridgehead atoms. The summed E-state index contributed by atoms with van der Waals surface area (Å²) >= 11 is 0. The standard InChI is InChI=1S/C14H19NO3/c1-2-15(10-3-11-16)14(18)9-6-12-4-7-13(17)8-5-12/h4-9,16-17H,2-3,10-11H2,1H3/b9-6+. The van der Waals surface area contributed by atoms with Crippen molar-refractivity contribution in [3.63, 3.8) is 0 Å².